The molecular formula is C12H23ClN4O. The molecule has 0 saturated carbocycles. The maximum atomic E-state index is 5.42. The molecule has 0 amide bonds. The second-order valence-corrected chi connectivity index (χ2v) is 4.76. The number of rotatable bonds is 4. The van der Waals surface area contributed by atoms with Crippen molar-refractivity contribution >= 4 is 12.4 Å². The first-order valence-corrected chi connectivity index (χ1v) is 6.11. The average molecular weight is 275 g/mol. The van der Waals surface area contributed by atoms with E-state index in [0.717, 1.165) is 31.2 Å². The van der Waals surface area contributed by atoms with Gasteiger partial charge in [0.05, 0.1) is 18.4 Å². The average Bonchev–Trinajstić information content (AvgIpc) is 2.88. The zero-order valence-electron chi connectivity index (χ0n) is 11.6. The molecular weight excluding hydrogens is 252 g/mol. The Labute approximate surface area is 115 Å². The second-order valence-electron chi connectivity index (χ2n) is 4.76. The summed E-state index contributed by atoms with van der Waals surface area (Å²) in [7, 11) is 5.80. The number of halogens is 1. The standard InChI is InChI=1S/C12H22N4O.ClH/c1-9-11(12(17-4)16(3)14-9)8-15(2)10-5-6-13-7-10;/h10,13H,5-8H2,1-4H3;1H. The fourth-order valence-electron chi connectivity index (χ4n) is 2.51. The summed E-state index contributed by atoms with van der Waals surface area (Å²) in [6.45, 7) is 5.14. The smallest absolute Gasteiger partial charge is 0.216 e. The third-order valence-electron chi connectivity index (χ3n) is 3.55. The number of nitrogens with one attached hydrogen (secondary N) is 1. The van der Waals surface area contributed by atoms with Crippen LogP contribution in [-0.2, 0) is 13.6 Å². The minimum absolute atomic E-state index is 0. The summed E-state index contributed by atoms with van der Waals surface area (Å²) in [4.78, 5) is 2.38. The number of nitrogens with zero attached hydrogens (tertiary/aromatic N) is 3. The largest absolute Gasteiger partial charge is 0.481 e. The normalized spacial score (nSPS) is 19.1. The Balaban J connectivity index is 0.00000162. The number of ether oxygens (including phenoxy) is 1. The van der Waals surface area contributed by atoms with Gasteiger partial charge in [-0.2, -0.15) is 5.10 Å². The van der Waals surface area contributed by atoms with E-state index in [1.807, 2.05) is 18.7 Å². The first-order chi connectivity index (χ1) is 8.13. The third kappa shape index (κ3) is 2.96. The van der Waals surface area contributed by atoms with Gasteiger partial charge in [0.15, 0.2) is 0 Å². The molecule has 1 atom stereocenters. The van der Waals surface area contributed by atoms with Crippen LogP contribution in [0.3, 0.4) is 0 Å². The first kappa shape index (κ1) is 15.3. The topological polar surface area (TPSA) is 42.3 Å². The summed E-state index contributed by atoms with van der Waals surface area (Å²) in [6.07, 6.45) is 1.22. The van der Waals surface area contributed by atoms with Gasteiger partial charge < -0.3 is 10.1 Å². The monoisotopic (exact) mass is 274 g/mol. The molecule has 1 aromatic heterocycles. The highest BCUT2D eigenvalue weighted by atomic mass is 35.5. The molecule has 6 heteroatoms. The van der Waals surface area contributed by atoms with Gasteiger partial charge in [-0.3, -0.25) is 4.90 Å². The van der Waals surface area contributed by atoms with Gasteiger partial charge in [-0.15, -0.1) is 12.4 Å². The van der Waals surface area contributed by atoms with Crippen molar-refractivity contribution in [3.63, 3.8) is 0 Å². The van der Waals surface area contributed by atoms with Gasteiger partial charge in [0, 0.05) is 26.2 Å². The molecule has 104 valence electrons. The number of hydrogen-bond acceptors (Lipinski definition) is 4. The Hall–Kier alpha value is -0.780. The highest BCUT2D eigenvalue weighted by Gasteiger charge is 2.22. The fourth-order valence-corrected chi connectivity index (χ4v) is 2.51. The van der Waals surface area contributed by atoms with Crippen LogP contribution in [0.1, 0.15) is 17.7 Å². The molecule has 1 aliphatic rings. The molecule has 18 heavy (non-hydrogen) atoms. The number of methoxy groups -OCH3 is 1. The van der Waals surface area contributed by atoms with Crippen molar-refractivity contribution in [2.45, 2.75) is 25.9 Å². The number of aryl methyl sites for hydroxylation is 2. The van der Waals surface area contributed by atoms with E-state index in [0.29, 0.717) is 6.04 Å². The van der Waals surface area contributed by atoms with Crippen LogP contribution in [-0.4, -0.2) is 48.0 Å². The van der Waals surface area contributed by atoms with Crippen LogP contribution in [0.5, 0.6) is 5.88 Å². The lowest BCUT2D eigenvalue weighted by Crippen LogP contribution is -2.33. The molecule has 1 fully saturated rings. The van der Waals surface area contributed by atoms with Crippen LogP contribution in [0.25, 0.3) is 0 Å². The molecule has 1 aromatic rings. The maximum absolute atomic E-state index is 5.42. The second kappa shape index (κ2) is 6.41. The van der Waals surface area contributed by atoms with Crippen molar-refractivity contribution < 1.29 is 4.74 Å². The van der Waals surface area contributed by atoms with Crippen molar-refractivity contribution in [3.8, 4) is 5.88 Å². The van der Waals surface area contributed by atoms with E-state index in [9.17, 15) is 0 Å². The molecule has 1 aliphatic heterocycles. The zero-order chi connectivity index (χ0) is 12.4. The minimum atomic E-state index is 0. The van der Waals surface area contributed by atoms with E-state index in [1.54, 1.807) is 7.11 Å². The predicted molar refractivity (Wildman–Crippen MR) is 74.5 cm³/mol. The van der Waals surface area contributed by atoms with E-state index in [2.05, 4.69) is 22.4 Å². The van der Waals surface area contributed by atoms with E-state index in [1.165, 1.54) is 12.0 Å². The van der Waals surface area contributed by atoms with Crippen molar-refractivity contribution in [1.82, 2.24) is 20.0 Å². The lowest BCUT2D eigenvalue weighted by Gasteiger charge is -2.23. The van der Waals surface area contributed by atoms with E-state index in [4.69, 9.17) is 4.74 Å². The fraction of sp³-hybridized carbons (Fsp3) is 0.750. The van der Waals surface area contributed by atoms with Crippen molar-refractivity contribution in [1.29, 1.82) is 0 Å². The molecule has 0 radical (unpaired) electrons. The van der Waals surface area contributed by atoms with Gasteiger partial charge in [-0.25, -0.2) is 4.68 Å². The molecule has 1 N–H and O–H groups in total. The van der Waals surface area contributed by atoms with Crippen LogP contribution < -0.4 is 10.1 Å². The van der Waals surface area contributed by atoms with Crippen molar-refractivity contribution in [2.24, 2.45) is 7.05 Å². The summed E-state index contributed by atoms with van der Waals surface area (Å²) in [6, 6.07) is 0.624. The summed E-state index contributed by atoms with van der Waals surface area (Å²) in [5.41, 5.74) is 2.26. The van der Waals surface area contributed by atoms with E-state index in [-0.39, 0.29) is 12.4 Å². The van der Waals surface area contributed by atoms with E-state index >= 15 is 0 Å². The minimum Gasteiger partial charge on any atom is -0.481 e. The van der Waals surface area contributed by atoms with Gasteiger partial charge >= 0.3 is 0 Å². The Morgan fingerprint density at radius 1 is 1.56 bits per heavy atom. The van der Waals surface area contributed by atoms with Crippen molar-refractivity contribution in [3.05, 3.63) is 11.3 Å². The SMILES string of the molecule is COc1c(CN(C)C2CCNC2)c(C)nn1C.Cl. The Kier molecular flexibility index (Phi) is 5.44. The number of aromatic nitrogens is 2. The maximum Gasteiger partial charge on any atom is 0.216 e. The Morgan fingerprint density at radius 2 is 2.28 bits per heavy atom. The summed E-state index contributed by atoms with van der Waals surface area (Å²) < 4.78 is 7.23. The van der Waals surface area contributed by atoms with E-state index < -0.39 is 0 Å². The Bertz CT molecular complexity index is 388. The molecule has 0 spiro atoms. The molecule has 0 aromatic carbocycles. The van der Waals surface area contributed by atoms with Crippen LogP contribution >= 0.6 is 12.4 Å². The lowest BCUT2D eigenvalue weighted by atomic mass is 10.2. The molecule has 0 aliphatic carbocycles. The molecule has 5 nitrogen and oxygen atoms in total. The van der Waals surface area contributed by atoms with Gasteiger partial charge in [0.2, 0.25) is 5.88 Å². The molecule has 1 unspecified atom stereocenters. The zero-order valence-corrected chi connectivity index (χ0v) is 12.4. The highest BCUT2D eigenvalue weighted by molar-refractivity contribution is 5.85. The molecule has 1 saturated heterocycles. The first-order valence-electron chi connectivity index (χ1n) is 6.11. The van der Waals surface area contributed by atoms with Gasteiger partial charge in [-0.05, 0) is 26.9 Å². The number of hydrogen-bond donors (Lipinski definition) is 1. The van der Waals surface area contributed by atoms with Gasteiger partial charge in [-0.1, -0.05) is 0 Å². The van der Waals surface area contributed by atoms with Crippen LogP contribution in [0.2, 0.25) is 0 Å². The highest BCUT2D eigenvalue weighted by Crippen LogP contribution is 2.23. The summed E-state index contributed by atoms with van der Waals surface area (Å²) in [5.74, 6) is 0.875. The summed E-state index contributed by atoms with van der Waals surface area (Å²) in [5, 5.41) is 7.80. The predicted octanol–water partition coefficient (Wildman–Crippen LogP) is 0.953. The number of likely N-dealkylation sites (N-methyl/N-ethyl adjacent to an activating group) is 1. The third-order valence-corrected chi connectivity index (χ3v) is 3.55. The van der Waals surface area contributed by atoms with Gasteiger partial charge in [0.1, 0.15) is 0 Å². The lowest BCUT2D eigenvalue weighted by molar-refractivity contribution is 0.243. The van der Waals surface area contributed by atoms with Crippen LogP contribution in [0.4, 0.5) is 0 Å². The molecule has 0 bridgehead atoms. The van der Waals surface area contributed by atoms with Crippen LogP contribution in [0.15, 0.2) is 0 Å². The quantitative estimate of drug-likeness (QED) is 0.888. The summed E-state index contributed by atoms with van der Waals surface area (Å²) >= 11 is 0. The van der Waals surface area contributed by atoms with Gasteiger partial charge in [0.25, 0.3) is 0 Å². The Morgan fingerprint density at radius 3 is 2.83 bits per heavy atom. The molecule has 2 rings (SSSR count). The van der Waals surface area contributed by atoms with Crippen LogP contribution in [0, 0.1) is 6.92 Å². The molecule has 2 heterocycles. The van der Waals surface area contributed by atoms with Crippen molar-refractivity contribution in [2.75, 3.05) is 27.2 Å².